The first-order valence-electron chi connectivity index (χ1n) is 5.21. The van der Waals surface area contributed by atoms with Crippen molar-refractivity contribution in [1.29, 1.82) is 0 Å². The quantitative estimate of drug-likeness (QED) is 0.882. The van der Waals surface area contributed by atoms with E-state index in [0.717, 1.165) is 6.07 Å². The number of nitrogens with one attached hydrogen (secondary N) is 1. The number of aryl methyl sites for hydroxylation is 1. The van der Waals surface area contributed by atoms with Crippen LogP contribution in [-0.4, -0.2) is 25.5 Å². The van der Waals surface area contributed by atoms with Crippen molar-refractivity contribution in [2.75, 3.05) is 0 Å². The number of benzene rings is 1. The van der Waals surface area contributed by atoms with Crippen LogP contribution in [0.1, 0.15) is 29.8 Å². The van der Waals surface area contributed by atoms with Gasteiger partial charge in [0.05, 0.1) is 10.5 Å². The predicted molar refractivity (Wildman–Crippen MR) is 71.3 cm³/mol. The van der Waals surface area contributed by atoms with Gasteiger partial charge in [-0.15, -0.1) is 0 Å². The Bertz CT molecular complexity index is 581. The highest BCUT2D eigenvalue weighted by Gasteiger charge is 2.22. The second-order valence-corrected chi connectivity index (χ2v) is 6.66. The number of carbonyl (C=O) groups is 1. The fourth-order valence-electron chi connectivity index (χ4n) is 1.43. The minimum Gasteiger partial charge on any atom is -0.478 e. The van der Waals surface area contributed by atoms with Crippen molar-refractivity contribution in [3.63, 3.8) is 0 Å². The smallest absolute Gasteiger partial charge is 0.335 e. The molecule has 1 rings (SSSR count). The maximum atomic E-state index is 12.1. The summed E-state index contributed by atoms with van der Waals surface area (Å²) in [5.74, 6) is -1.16. The zero-order valence-corrected chi connectivity index (χ0v) is 12.6. The number of rotatable bonds is 4. The molecule has 0 atom stereocenters. The molecule has 2 N–H and O–H groups in total. The van der Waals surface area contributed by atoms with E-state index in [-0.39, 0.29) is 16.5 Å². The molecule has 0 bridgehead atoms. The summed E-state index contributed by atoms with van der Waals surface area (Å²) in [7, 11) is -3.73. The highest BCUT2D eigenvalue weighted by Crippen LogP contribution is 2.27. The summed E-state index contributed by atoms with van der Waals surface area (Å²) in [4.78, 5) is 10.9. The van der Waals surface area contributed by atoms with E-state index in [2.05, 4.69) is 20.7 Å². The predicted octanol–water partition coefficient (Wildman–Crippen LogP) is 2.14. The van der Waals surface area contributed by atoms with Crippen LogP contribution in [0.4, 0.5) is 0 Å². The van der Waals surface area contributed by atoms with Gasteiger partial charge in [0.1, 0.15) is 0 Å². The van der Waals surface area contributed by atoms with Crippen LogP contribution < -0.4 is 4.72 Å². The van der Waals surface area contributed by atoms with Gasteiger partial charge in [0, 0.05) is 10.5 Å². The van der Waals surface area contributed by atoms with E-state index < -0.39 is 16.0 Å². The molecule has 0 saturated heterocycles. The number of halogens is 1. The highest BCUT2D eigenvalue weighted by atomic mass is 79.9. The Hall–Kier alpha value is -0.920. The second kappa shape index (κ2) is 5.38. The third kappa shape index (κ3) is 3.30. The van der Waals surface area contributed by atoms with Crippen molar-refractivity contribution < 1.29 is 18.3 Å². The van der Waals surface area contributed by atoms with Crippen LogP contribution in [0.25, 0.3) is 0 Å². The van der Waals surface area contributed by atoms with Crippen LogP contribution in [0.15, 0.2) is 21.5 Å². The molecule has 0 spiro atoms. The molecule has 100 valence electrons. The number of hydrogen-bond donors (Lipinski definition) is 2. The van der Waals surface area contributed by atoms with Crippen molar-refractivity contribution in [2.45, 2.75) is 31.7 Å². The topological polar surface area (TPSA) is 83.5 Å². The average Bonchev–Trinajstić information content (AvgIpc) is 2.19. The van der Waals surface area contributed by atoms with Crippen molar-refractivity contribution in [3.8, 4) is 0 Å². The van der Waals surface area contributed by atoms with Gasteiger partial charge in [0.2, 0.25) is 10.0 Å². The molecule has 0 aliphatic rings. The van der Waals surface area contributed by atoms with Gasteiger partial charge < -0.3 is 5.11 Å². The molecule has 0 heterocycles. The van der Waals surface area contributed by atoms with E-state index in [1.54, 1.807) is 20.8 Å². The Morgan fingerprint density at radius 1 is 1.39 bits per heavy atom. The number of carboxylic acids is 1. The maximum absolute atomic E-state index is 12.1. The van der Waals surface area contributed by atoms with Crippen molar-refractivity contribution >= 4 is 31.9 Å². The molecular formula is C11H14BrNO4S. The molecule has 0 saturated carbocycles. The number of sulfonamides is 1. The molecule has 0 aliphatic carbocycles. The van der Waals surface area contributed by atoms with Crippen molar-refractivity contribution in [1.82, 2.24) is 4.72 Å². The van der Waals surface area contributed by atoms with E-state index >= 15 is 0 Å². The summed E-state index contributed by atoms with van der Waals surface area (Å²) in [5.41, 5.74) is 0.499. The van der Waals surface area contributed by atoms with Crippen LogP contribution in [0.5, 0.6) is 0 Å². The molecule has 1 aromatic carbocycles. The number of carboxylic acid groups (broad SMARTS) is 1. The molecule has 1 aromatic rings. The van der Waals surface area contributed by atoms with Crippen LogP contribution in [0.3, 0.4) is 0 Å². The molecule has 0 unspecified atom stereocenters. The van der Waals surface area contributed by atoms with Crippen molar-refractivity contribution in [3.05, 3.63) is 27.7 Å². The van der Waals surface area contributed by atoms with Crippen LogP contribution in [-0.2, 0) is 10.0 Å². The fraction of sp³-hybridized carbons (Fsp3) is 0.364. The molecule has 0 radical (unpaired) electrons. The van der Waals surface area contributed by atoms with E-state index in [1.165, 1.54) is 6.07 Å². The van der Waals surface area contributed by atoms with Gasteiger partial charge in [-0.05, 0) is 54.4 Å². The summed E-state index contributed by atoms with van der Waals surface area (Å²) < 4.78 is 26.9. The monoisotopic (exact) mass is 335 g/mol. The summed E-state index contributed by atoms with van der Waals surface area (Å²) in [5, 5.41) is 8.94. The summed E-state index contributed by atoms with van der Waals surface area (Å²) >= 11 is 3.18. The van der Waals surface area contributed by atoms with Crippen LogP contribution >= 0.6 is 15.9 Å². The van der Waals surface area contributed by atoms with Crippen molar-refractivity contribution in [2.24, 2.45) is 0 Å². The first-order chi connectivity index (χ1) is 8.15. The normalized spacial score (nSPS) is 11.8. The molecular weight excluding hydrogens is 322 g/mol. The van der Waals surface area contributed by atoms with Gasteiger partial charge >= 0.3 is 5.97 Å². The first-order valence-corrected chi connectivity index (χ1v) is 7.48. The van der Waals surface area contributed by atoms with Gasteiger partial charge in [-0.1, -0.05) is 0 Å². The molecule has 7 heteroatoms. The molecule has 0 amide bonds. The zero-order chi connectivity index (χ0) is 14.1. The van der Waals surface area contributed by atoms with E-state index in [1.807, 2.05) is 0 Å². The highest BCUT2D eigenvalue weighted by molar-refractivity contribution is 9.10. The Balaban J connectivity index is 3.45. The van der Waals surface area contributed by atoms with Gasteiger partial charge in [-0.25, -0.2) is 17.9 Å². The van der Waals surface area contributed by atoms with Crippen LogP contribution in [0.2, 0.25) is 0 Å². The lowest BCUT2D eigenvalue weighted by Gasteiger charge is -2.13. The molecule has 0 aromatic heterocycles. The van der Waals surface area contributed by atoms with E-state index in [4.69, 9.17) is 5.11 Å². The molecule has 18 heavy (non-hydrogen) atoms. The molecule has 0 fully saturated rings. The third-order valence-corrected chi connectivity index (χ3v) is 5.15. The SMILES string of the molecule is Cc1cc(C(=O)O)cc(S(=O)(=O)NC(C)C)c1Br. The summed E-state index contributed by atoms with van der Waals surface area (Å²) in [6, 6.07) is 2.29. The first kappa shape index (κ1) is 15.1. The average molecular weight is 336 g/mol. The number of hydrogen-bond acceptors (Lipinski definition) is 3. The van der Waals surface area contributed by atoms with Gasteiger partial charge in [-0.3, -0.25) is 0 Å². The maximum Gasteiger partial charge on any atom is 0.335 e. The van der Waals surface area contributed by atoms with Gasteiger partial charge in [-0.2, -0.15) is 0 Å². The Labute approximate surface area is 114 Å². The zero-order valence-electron chi connectivity index (χ0n) is 10.2. The minimum absolute atomic E-state index is 0.0557. The number of aromatic carboxylic acids is 1. The largest absolute Gasteiger partial charge is 0.478 e. The standard InChI is InChI=1S/C11H14BrNO4S/c1-6(2)13-18(16,17)9-5-8(11(14)15)4-7(3)10(9)12/h4-6,13H,1-3H3,(H,14,15). The minimum atomic E-state index is -3.73. The Morgan fingerprint density at radius 2 is 1.94 bits per heavy atom. The van der Waals surface area contributed by atoms with E-state index in [0.29, 0.717) is 10.0 Å². The second-order valence-electron chi connectivity index (χ2n) is 4.19. The lowest BCUT2D eigenvalue weighted by atomic mass is 10.1. The lowest BCUT2D eigenvalue weighted by molar-refractivity contribution is 0.0696. The third-order valence-electron chi connectivity index (χ3n) is 2.15. The molecule has 0 aliphatic heterocycles. The summed E-state index contributed by atoms with van der Waals surface area (Å²) in [6.45, 7) is 5.03. The van der Waals surface area contributed by atoms with Crippen LogP contribution in [0, 0.1) is 6.92 Å². The summed E-state index contributed by atoms with van der Waals surface area (Å²) in [6.07, 6.45) is 0. The lowest BCUT2D eigenvalue weighted by Crippen LogP contribution is -2.30. The molecule has 5 nitrogen and oxygen atoms in total. The van der Waals surface area contributed by atoms with E-state index in [9.17, 15) is 13.2 Å². The van der Waals surface area contributed by atoms with Gasteiger partial charge in [0.15, 0.2) is 0 Å². The fourth-order valence-corrected chi connectivity index (χ4v) is 3.72. The Morgan fingerprint density at radius 3 is 2.39 bits per heavy atom. The Kier molecular flexibility index (Phi) is 4.52. The van der Waals surface area contributed by atoms with Gasteiger partial charge in [0.25, 0.3) is 0 Å².